The number of amides is 1. The van der Waals surface area contributed by atoms with Crippen molar-refractivity contribution < 1.29 is 9.59 Å². The zero-order valence-electron chi connectivity index (χ0n) is 10.9. The maximum atomic E-state index is 11.7. The molecule has 0 aliphatic heterocycles. The number of carbonyl (C=O) groups is 2. The highest BCUT2D eigenvalue weighted by Crippen LogP contribution is 2.15. The van der Waals surface area contributed by atoms with E-state index in [1.54, 1.807) is 0 Å². The van der Waals surface area contributed by atoms with Gasteiger partial charge in [-0.3, -0.25) is 4.79 Å². The van der Waals surface area contributed by atoms with Crippen LogP contribution in [0.2, 0.25) is 0 Å². The first-order valence-corrected chi connectivity index (χ1v) is 6.56. The minimum Gasteiger partial charge on any atom is -0.349 e. The van der Waals surface area contributed by atoms with Crippen molar-refractivity contribution in [2.75, 3.05) is 0 Å². The van der Waals surface area contributed by atoms with Gasteiger partial charge in [-0.15, -0.1) is 0 Å². The van der Waals surface area contributed by atoms with Crippen LogP contribution in [0.5, 0.6) is 0 Å². The molecule has 0 fully saturated rings. The van der Waals surface area contributed by atoms with Gasteiger partial charge in [0.05, 0.1) is 6.04 Å². The van der Waals surface area contributed by atoms with E-state index in [9.17, 15) is 9.59 Å². The summed E-state index contributed by atoms with van der Waals surface area (Å²) in [7, 11) is 0. The fraction of sp³-hybridized carbons (Fsp3) is 0.467. The molecule has 0 spiro atoms. The van der Waals surface area contributed by atoms with Gasteiger partial charge in [0.25, 0.3) is 0 Å². The molecule has 1 rings (SSSR count). The molecular formula is C15H21NO2. The molecule has 0 saturated heterocycles. The van der Waals surface area contributed by atoms with Gasteiger partial charge in [0.2, 0.25) is 5.91 Å². The summed E-state index contributed by atoms with van der Waals surface area (Å²) in [6.45, 7) is 2.11. The number of carbonyl (C=O) groups excluding carboxylic acids is 2. The zero-order chi connectivity index (χ0) is 13.2. The molecule has 0 aliphatic carbocycles. The summed E-state index contributed by atoms with van der Waals surface area (Å²) in [5.74, 6) is 0.0270. The van der Waals surface area contributed by atoms with Crippen molar-refractivity contribution >= 4 is 12.2 Å². The van der Waals surface area contributed by atoms with Crippen LogP contribution in [0.1, 0.15) is 50.6 Å². The lowest BCUT2D eigenvalue weighted by molar-refractivity contribution is -0.122. The Balaban J connectivity index is 2.53. The highest BCUT2D eigenvalue weighted by atomic mass is 16.1. The van der Waals surface area contributed by atoms with E-state index in [0.717, 1.165) is 31.1 Å². The molecule has 3 nitrogen and oxygen atoms in total. The molecule has 1 amide bonds. The van der Waals surface area contributed by atoms with Gasteiger partial charge >= 0.3 is 0 Å². The maximum absolute atomic E-state index is 11.7. The lowest BCUT2D eigenvalue weighted by atomic mass is 10.0. The van der Waals surface area contributed by atoms with Crippen molar-refractivity contribution in [3.8, 4) is 0 Å². The van der Waals surface area contributed by atoms with Crippen molar-refractivity contribution in [3.63, 3.8) is 0 Å². The first-order chi connectivity index (χ1) is 8.77. The van der Waals surface area contributed by atoms with Gasteiger partial charge < -0.3 is 10.1 Å². The Morgan fingerprint density at radius 2 is 2.00 bits per heavy atom. The quantitative estimate of drug-likeness (QED) is 0.567. The van der Waals surface area contributed by atoms with E-state index >= 15 is 0 Å². The molecule has 0 heterocycles. The lowest BCUT2D eigenvalue weighted by Gasteiger charge is -2.16. The van der Waals surface area contributed by atoms with E-state index in [1.807, 2.05) is 30.3 Å². The predicted octanol–water partition coefficient (Wildman–Crippen LogP) is 3.01. The highest BCUT2D eigenvalue weighted by Gasteiger charge is 2.13. The van der Waals surface area contributed by atoms with Crippen LogP contribution < -0.4 is 5.32 Å². The second-order valence-corrected chi connectivity index (χ2v) is 4.39. The third kappa shape index (κ3) is 5.13. The van der Waals surface area contributed by atoms with E-state index in [0.29, 0.717) is 12.8 Å². The van der Waals surface area contributed by atoms with Crippen molar-refractivity contribution in [2.45, 2.75) is 45.1 Å². The van der Waals surface area contributed by atoms with Crippen LogP contribution in [-0.4, -0.2) is 12.2 Å². The first kappa shape index (κ1) is 14.4. The van der Waals surface area contributed by atoms with Crippen molar-refractivity contribution in [1.29, 1.82) is 0 Å². The second-order valence-electron chi connectivity index (χ2n) is 4.39. The minimum atomic E-state index is -0.196. The number of hydrogen-bond acceptors (Lipinski definition) is 2. The molecule has 1 aromatic carbocycles. The lowest BCUT2D eigenvalue weighted by Crippen LogP contribution is -2.28. The van der Waals surface area contributed by atoms with Crippen molar-refractivity contribution in [1.82, 2.24) is 5.32 Å². The summed E-state index contributed by atoms with van der Waals surface area (Å²) in [6, 6.07) is 9.41. The van der Waals surface area contributed by atoms with Crippen LogP contribution in [0.15, 0.2) is 30.3 Å². The summed E-state index contributed by atoms with van der Waals surface area (Å²) < 4.78 is 0. The van der Waals surface area contributed by atoms with Crippen molar-refractivity contribution in [3.05, 3.63) is 35.9 Å². The average molecular weight is 247 g/mol. The molecule has 0 radical (unpaired) electrons. The first-order valence-electron chi connectivity index (χ1n) is 6.56. The molecule has 3 heteroatoms. The van der Waals surface area contributed by atoms with Gasteiger partial charge in [-0.25, -0.2) is 0 Å². The summed E-state index contributed by atoms with van der Waals surface area (Å²) in [6.07, 6.45) is 4.79. The van der Waals surface area contributed by atoms with E-state index in [1.165, 1.54) is 0 Å². The maximum Gasteiger partial charge on any atom is 0.220 e. The summed E-state index contributed by atoms with van der Waals surface area (Å²) in [5, 5.41) is 2.92. The van der Waals surface area contributed by atoms with Gasteiger partial charge in [-0.1, -0.05) is 50.1 Å². The van der Waals surface area contributed by atoms with Crippen LogP contribution in [0, 0.1) is 0 Å². The molecule has 1 aromatic rings. The molecule has 1 N–H and O–H groups in total. The van der Waals surface area contributed by atoms with Gasteiger partial charge in [0.1, 0.15) is 6.29 Å². The third-order valence-corrected chi connectivity index (χ3v) is 2.88. The summed E-state index contributed by atoms with van der Waals surface area (Å²) in [5.41, 5.74) is 0.980. The molecule has 18 heavy (non-hydrogen) atoms. The predicted molar refractivity (Wildman–Crippen MR) is 72.1 cm³/mol. The minimum absolute atomic E-state index is 0.0270. The fourth-order valence-electron chi connectivity index (χ4n) is 1.86. The SMILES string of the molecule is CCCCCC(=O)NC(CC=O)c1ccccc1. The fourth-order valence-corrected chi connectivity index (χ4v) is 1.86. The molecule has 0 bridgehead atoms. The smallest absolute Gasteiger partial charge is 0.220 e. The van der Waals surface area contributed by atoms with E-state index < -0.39 is 0 Å². The average Bonchev–Trinajstić information content (AvgIpc) is 2.39. The monoisotopic (exact) mass is 247 g/mol. The number of benzene rings is 1. The topological polar surface area (TPSA) is 46.2 Å². The Morgan fingerprint density at radius 1 is 1.28 bits per heavy atom. The Hall–Kier alpha value is -1.64. The molecule has 0 aliphatic rings. The van der Waals surface area contributed by atoms with E-state index in [-0.39, 0.29) is 11.9 Å². The van der Waals surface area contributed by atoms with Crippen LogP contribution in [0.3, 0.4) is 0 Å². The number of rotatable bonds is 8. The third-order valence-electron chi connectivity index (χ3n) is 2.88. The van der Waals surface area contributed by atoms with Crippen LogP contribution in [0.25, 0.3) is 0 Å². The Bertz CT molecular complexity index is 362. The molecule has 0 saturated carbocycles. The molecule has 1 unspecified atom stereocenters. The molecule has 0 aromatic heterocycles. The molecule has 98 valence electrons. The summed E-state index contributed by atoms with van der Waals surface area (Å²) >= 11 is 0. The summed E-state index contributed by atoms with van der Waals surface area (Å²) in [4.78, 5) is 22.4. The van der Waals surface area contributed by atoms with Gasteiger partial charge in [0, 0.05) is 12.8 Å². The van der Waals surface area contributed by atoms with Crippen LogP contribution >= 0.6 is 0 Å². The Morgan fingerprint density at radius 3 is 2.61 bits per heavy atom. The Labute approximate surface area is 109 Å². The molecular weight excluding hydrogens is 226 g/mol. The van der Waals surface area contributed by atoms with Crippen molar-refractivity contribution in [2.24, 2.45) is 0 Å². The standard InChI is InChI=1S/C15H21NO2/c1-2-3-5-10-15(18)16-14(11-12-17)13-8-6-4-7-9-13/h4,6-9,12,14H,2-3,5,10-11H2,1H3,(H,16,18). The van der Waals surface area contributed by atoms with Crippen LogP contribution in [0.4, 0.5) is 0 Å². The number of hydrogen-bond donors (Lipinski definition) is 1. The largest absolute Gasteiger partial charge is 0.349 e. The second kappa shape index (κ2) is 8.45. The van der Waals surface area contributed by atoms with Gasteiger partial charge in [0.15, 0.2) is 0 Å². The zero-order valence-corrected chi connectivity index (χ0v) is 10.9. The van der Waals surface area contributed by atoms with Crippen LogP contribution in [-0.2, 0) is 9.59 Å². The number of unbranched alkanes of at least 4 members (excludes halogenated alkanes) is 2. The number of nitrogens with one attached hydrogen (secondary N) is 1. The van der Waals surface area contributed by atoms with E-state index in [4.69, 9.17) is 0 Å². The van der Waals surface area contributed by atoms with E-state index in [2.05, 4.69) is 12.2 Å². The normalized spacial score (nSPS) is 11.8. The Kier molecular flexibility index (Phi) is 6.77. The highest BCUT2D eigenvalue weighted by molar-refractivity contribution is 5.76. The number of aldehydes is 1. The van der Waals surface area contributed by atoms with Gasteiger partial charge in [-0.2, -0.15) is 0 Å². The molecule has 1 atom stereocenters. The van der Waals surface area contributed by atoms with Gasteiger partial charge in [-0.05, 0) is 12.0 Å².